The minimum Gasteiger partial charge on any atom is -0.385 e. The summed E-state index contributed by atoms with van der Waals surface area (Å²) in [6.45, 7) is 4.59. The third-order valence-electron chi connectivity index (χ3n) is 4.26. The van der Waals surface area contributed by atoms with Gasteiger partial charge in [-0.15, -0.1) is 6.58 Å². The molecule has 0 saturated heterocycles. The van der Waals surface area contributed by atoms with E-state index < -0.39 is 5.60 Å². The van der Waals surface area contributed by atoms with Crippen LogP contribution in [-0.4, -0.2) is 5.11 Å². The average Bonchev–Trinajstić information content (AvgIpc) is 2.80. The van der Waals surface area contributed by atoms with Gasteiger partial charge in [0.15, 0.2) is 0 Å². The van der Waals surface area contributed by atoms with E-state index >= 15 is 0 Å². The smallest absolute Gasteiger partial charge is 0.0952 e. The molecule has 2 aromatic carbocycles. The minimum atomic E-state index is -0.785. The van der Waals surface area contributed by atoms with Crippen molar-refractivity contribution in [2.24, 2.45) is 0 Å². The van der Waals surface area contributed by atoms with Crippen molar-refractivity contribution in [3.05, 3.63) is 83.9 Å². The Morgan fingerprint density at radius 2 is 1.86 bits per heavy atom. The first kappa shape index (κ1) is 14.1. The van der Waals surface area contributed by atoms with Crippen LogP contribution in [0.4, 0.5) is 0 Å². The van der Waals surface area contributed by atoms with Crippen molar-refractivity contribution in [1.82, 2.24) is 5.32 Å². The first-order valence-corrected chi connectivity index (χ1v) is 7.43. The zero-order chi connectivity index (χ0) is 14.7. The topological polar surface area (TPSA) is 32.3 Å². The van der Waals surface area contributed by atoms with Gasteiger partial charge in [-0.1, -0.05) is 60.7 Å². The van der Waals surface area contributed by atoms with E-state index in [1.807, 2.05) is 36.4 Å². The molecule has 2 heteroatoms. The highest BCUT2D eigenvalue weighted by molar-refractivity contribution is 5.40. The zero-order valence-electron chi connectivity index (χ0n) is 12.1. The lowest BCUT2D eigenvalue weighted by Gasteiger charge is -2.22. The normalized spacial score (nSPS) is 23.8. The van der Waals surface area contributed by atoms with Crippen molar-refractivity contribution in [3.63, 3.8) is 0 Å². The number of hydrogen-bond donors (Lipinski definition) is 2. The van der Waals surface area contributed by atoms with Gasteiger partial charge in [0, 0.05) is 19.0 Å². The monoisotopic (exact) mass is 279 g/mol. The van der Waals surface area contributed by atoms with E-state index in [9.17, 15) is 5.11 Å². The molecule has 2 atom stereocenters. The maximum atomic E-state index is 10.9. The molecule has 0 saturated carbocycles. The molecule has 0 spiro atoms. The molecule has 0 fully saturated rings. The number of benzene rings is 2. The molecule has 108 valence electrons. The van der Waals surface area contributed by atoms with Gasteiger partial charge >= 0.3 is 0 Å². The predicted molar refractivity (Wildman–Crippen MR) is 85.8 cm³/mol. The summed E-state index contributed by atoms with van der Waals surface area (Å²) in [6.07, 6.45) is 3.09. The Bertz CT molecular complexity index is 622. The molecular formula is C19H21NO. The maximum Gasteiger partial charge on any atom is 0.0952 e. The fraction of sp³-hybridized carbons (Fsp3) is 0.263. The number of nitrogens with one attached hydrogen (secondary N) is 1. The molecule has 0 aliphatic heterocycles. The van der Waals surface area contributed by atoms with Gasteiger partial charge in [-0.3, -0.25) is 0 Å². The van der Waals surface area contributed by atoms with Crippen LogP contribution in [0.25, 0.3) is 0 Å². The highest BCUT2D eigenvalue weighted by atomic mass is 16.3. The molecule has 2 N–H and O–H groups in total. The first-order valence-electron chi connectivity index (χ1n) is 7.43. The fourth-order valence-electron chi connectivity index (χ4n) is 3.23. The second-order valence-corrected chi connectivity index (χ2v) is 5.73. The molecule has 2 aromatic rings. The molecule has 0 bridgehead atoms. The van der Waals surface area contributed by atoms with Crippen LogP contribution in [0.2, 0.25) is 0 Å². The van der Waals surface area contributed by atoms with E-state index in [1.165, 1.54) is 11.1 Å². The van der Waals surface area contributed by atoms with Gasteiger partial charge in [-0.05, 0) is 23.1 Å². The van der Waals surface area contributed by atoms with Crippen LogP contribution in [-0.2, 0) is 12.1 Å². The quantitative estimate of drug-likeness (QED) is 0.818. The van der Waals surface area contributed by atoms with E-state index in [1.54, 1.807) is 6.08 Å². The lowest BCUT2D eigenvalue weighted by molar-refractivity contribution is 0.0342. The number of fused-ring (bicyclic) bond motifs is 1. The van der Waals surface area contributed by atoms with Gasteiger partial charge in [0.1, 0.15) is 0 Å². The predicted octanol–water partition coefficient (Wildman–Crippen LogP) is 3.68. The van der Waals surface area contributed by atoms with Gasteiger partial charge in [-0.2, -0.15) is 0 Å². The SMILES string of the molecule is C=CCC1(O)CC(NCc2ccccc2)c2ccccc21. The Hall–Kier alpha value is -1.90. The van der Waals surface area contributed by atoms with Crippen molar-refractivity contribution >= 4 is 0 Å². The molecule has 3 rings (SSSR count). The van der Waals surface area contributed by atoms with Gasteiger partial charge in [0.05, 0.1) is 5.60 Å². The van der Waals surface area contributed by atoms with E-state index in [0.29, 0.717) is 12.8 Å². The summed E-state index contributed by atoms with van der Waals surface area (Å²) in [7, 11) is 0. The van der Waals surface area contributed by atoms with Gasteiger partial charge < -0.3 is 10.4 Å². The van der Waals surface area contributed by atoms with Crippen LogP contribution in [0, 0.1) is 0 Å². The van der Waals surface area contributed by atoms with Crippen molar-refractivity contribution < 1.29 is 5.11 Å². The Balaban J connectivity index is 1.80. The van der Waals surface area contributed by atoms with Crippen LogP contribution >= 0.6 is 0 Å². The molecule has 21 heavy (non-hydrogen) atoms. The number of aliphatic hydroxyl groups is 1. The summed E-state index contributed by atoms with van der Waals surface area (Å²) in [4.78, 5) is 0. The molecule has 1 aliphatic carbocycles. The number of hydrogen-bond acceptors (Lipinski definition) is 2. The summed E-state index contributed by atoms with van der Waals surface area (Å²) in [5.41, 5.74) is 2.72. The fourth-order valence-corrected chi connectivity index (χ4v) is 3.23. The van der Waals surface area contributed by atoms with E-state index in [0.717, 1.165) is 12.1 Å². The number of rotatable bonds is 5. The van der Waals surface area contributed by atoms with Gasteiger partial charge in [0.2, 0.25) is 0 Å². The summed E-state index contributed by atoms with van der Waals surface area (Å²) in [6, 6.07) is 18.7. The van der Waals surface area contributed by atoms with Gasteiger partial charge in [-0.25, -0.2) is 0 Å². The van der Waals surface area contributed by atoms with Crippen LogP contribution in [0.1, 0.15) is 35.6 Å². The molecule has 0 amide bonds. The lowest BCUT2D eigenvalue weighted by atomic mass is 9.92. The summed E-state index contributed by atoms with van der Waals surface area (Å²) in [5, 5.41) is 14.5. The lowest BCUT2D eigenvalue weighted by Crippen LogP contribution is -2.24. The minimum absolute atomic E-state index is 0.186. The van der Waals surface area contributed by atoms with Gasteiger partial charge in [0.25, 0.3) is 0 Å². The molecule has 0 radical (unpaired) electrons. The summed E-state index contributed by atoms with van der Waals surface area (Å²) >= 11 is 0. The van der Waals surface area contributed by atoms with Crippen molar-refractivity contribution in [1.29, 1.82) is 0 Å². The Labute approximate surface area is 126 Å². The molecular weight excluding hydrogens is 258 g/mol. The van der Waals surface area contributed by atoms with Crippen LogP contribution < -0.4 is 5.32 Å². The molecule has 0 heterocycles. The third kappa shape index (κ3) is 2.78. The third-order valence-corrected chi connectivity index (χ3v) is 4.26. The second kappa shape index (κ2) is 5.84. The van der Waals surface area contributed by atoms with Crippen molar-refractivity contribution in [2.75, 3.05) is 0 Å². The maximum absolute atomic E-state index is 10.9. The van der Waals surface area contributed by atoms with Crippen LogP contribution in [0.3, 0.4) is 0 Å². The van der Waals surface area contributed by atoms with Crippen molar-refractivity contribution in [3.8, 4) is 0 Å². The van der Waals surface area contributed by atoms with Crippen molar-refractivity contribution in [2.45, 2.75) is 31.0 Å². The Kier molecular flexibility index (Phi) is 3.91. The highest BCUT2D eigenvalue weighted by Gasteiger charge is 2.40. The second-order valence-electron chi connectivity index (χ2n) is 5.73. The molecule has 2 unspecified atom stereocenters. The molecule has 0 aromatic heterocycles. The first-order chi connectivity index (χ1) is 10.2. The Morgan fingerprint density at radius 3 is 2.62 bits per heavy atom. The molecule has 1 aliphatic rings. The summed E-state index contributed by atoms with van der Waals surface area (Å²) in [5.74, 6) is 0. The van der Waals surface area contributed by atoms with Crippen LogP contribution in [0.5, 0.6) is 0 Å². The Morgan fingerprint density at radius 1 is 1.14 bits per heavy atom. The average molecular weight is 279 g/mol. The largest absolute Gasteiger partial charge is 0.385 e. The van der Waals surface area contributed by atoms with Crippen LogP contribution in [0.15, 0.2) is 67.3 Å². The summed E-state index contributed by atoms with van der Waals surface area (Å²) < 4.78 is 0. The van der Waals surface area contributed by atoms with E-state index in [4.69, 9.17) is 0 Å². The van der Waals surface area contributed by atoms with E-state index in [-0.39, 0.29) is 6.04 Å². The standard InChI is InChI=1S/C19H21NO/c1-2-12-19(21)13-18(16-10-6-7-11-17(16)19)20-14-15-8-4-3-5-9-15/h2-11,18,20-21H,1,12-14H2. The zero-order valence-corrected chi connectivity index (χ0v) is 12.1. The highest BCUT2D eigenvalue weighted by Crippen LogP contribution is 2.45. The molecule has 2 nitrogen and oxygen atoms in total. The van der Waals surface area contributed by atoms with E-state index in [2.05, 4.69) is 30.1 Å².